The van der Waals surface area contributed by atoms with Crippen molar-refractivity contribution in [3.63, 3.8) is 0 Å². The van der Waals surface area contributed by atoms with Gasteiger partial charge in [-0.25, -0.2) is 4.98 Å². The van der Waals surface area contributed by atoms with Crippen molar-refractivity contribution in [3.05, 3.63) is 24.5 Å². The summed E-state index contributed by atoms with van der Waals surface area (Å²) in [5.74, 6) is 0.909. The minimum absolute atomic E-state index is 0.909. The molecule has 0 amide bonds. The van der Waals surface area contributed by atoms with Crippen LogP contribution in [0.2, 0.25) is 0 Å². The Hall–Kier alpha value is -1.05. The van der Waals surface area contributed by atoms with Gasteiger partial charge in [0.1, 0.15) is 0 Å². The second-order valence-electron chi connectivity index (χ2n) is 3.93. The molecule has 2 nitrogen and oxygen atoms in total. The highest BCUT2D eigenvalue weighted by Gasteiger charge is 2.15. The first kappa shape index (κ1) is 8.54. The molecule has 2 heterocycles. The van der Waals surface area contributed by atoms with Crippen LogP contribution in [-0.4, -0.2) is 13.1 Å². The lowest BCUT2D eigenvalue weighted by atomic mass is 9.99. The number of anilines is 1. The van der Waals surface area contributed by atoms with E-state index in [1.54, 1.807) is 0 Å². The Labute approximate surface area is 79.6 Å². The predicted molar refractivity (Wildman–Crippen MR) is 53.6 cm³/mol. The van der Waals surface area contributed by atoms with Crippen LogP contribution >= 0.6 is 0 Å². The molecule has 2 rings (SSSR count). The Morgan fingerprint density at radius 3 is 2.46 bits per heavy atom. The number of aromatic amines is 1. The van der Waals surface area contributed by atoms with E-state index >= 15 is 0 Å². The van der Waals surface area contributed by atoms with E-state index in [-0.39, 0.29) is 0 Å². The third kappa shape index (κ3) is 2.00. The van der Waals surface area contributed by atoms with Gasteiger partial charge < -0.3 is 4.90 Å². The summed E-state index contributed by atoms with van der Waals surface area (Å²) >= 11 is 0. The summed E-state index contributed by atoms with van der Waals surface area (Å²) in [6, 6.07) is 4.30. The van der Waals surface area contributed by atoms with E-state index in [2.05, 4.69) is 28.9 Å². The zero-order valence-electron chi connectivity index (χ0n) is 8.16. The number of piperidine rings is 1. The molecule has 1 aromatic heterocycles. The van der Waals surface area contributed by atoms with E-state index in [0.29, 0.717) is 0 Å². The zero-order chi connectivity index (χ0) is 9.10. The van der Waals surface area contributed by atoms with Gasteiger partial charge in [0.25, 0.3) is 0 Å². The van der Waals surface area contributed by atoms with Gasteiger partial charge in [0.15, 0.2) is 12.4 Å². The third-order valence-electron chi connectivity index (χ3n) is 2.85. The second kappa shape index (κ2) is 3.77. The van der Waals surface area contributed by atoms with Crippen LogP contribution in [0.15, 0.2) is 24.5 Å². The topological polar surface area (TPSA) is 17.4 Å². The average Bonchev–Trinajstić information content (AvgIpc) is 2.20. The number of rotatable bonds is 1. The van der Waals surface area contributed by atoms with Gasteiger partial charge in [-0.15, -0.1) is 0 Å². The molecule has 13 heavy (non-hydrogen) atoms. The Balaban J connectivity index is 2.03. The molecule has 0 radical (unpaired) electrons. The molecule has 0 saturated carbocycles. The molecule has 1 N–H and O–H groups in total. The summed E-state index contributed by atoms with van der Waals surface area (Å²) < 4.78 is 0. The standard InChI is InChI=1S/C11H16N2/c1-10-4-8-13(9-5-10)11-2-6-12-7-3-11/h2-3,6-7,10H,4-5,8-9H2,1H3/p+1. The van der Waals surface area contributed by atoms with Crippen LogP contribution in [0.4, 0.5) is 5.69 Å². The van der Waals surface area contributed by atoms with Crippen LogP contribution in [0.3, 0.4) is 0 Å². The monoisotopic (exact) mass is 177 g/mol. The van der Waals surface area contributed by atoms with Crippen molar-refractivity contribution >= 4 is 5.69 Å². The second-order valence-corrected chi connectivity index (χ2v) is 3.93. The molecule has 70 valence electrons. The van der Waals surface area contributed by atoms with Gasteiger partial charge in [-0.1, -0.05) is 6.92 Å². The number of hydrogen-bond acceptors (Lipinski definition) is 1. The lowest BCUT2D eigenvalue weighted by Gasteiger charge is -2.31. The van der Waals surface area contributed by atoms with Gasteiger partial charge >= 0.3 is 0 Å². The van der Waals surface area contributed by atoms with Gasteiger partial charge in [-0.3, -0.25) is 0 Å². The normalized spacial score (nSPS) is 19.0. The number of nitrogens with one attached hydrogen (secondary N) is 1. The zero-order valence-corrected chi connectivity index (χ0v) is 8.16. The summed E-state index contributed by atoms with van der Waals surface area (Å²) in [6.07, 6.45) is 6.65. The van der Waals surface area contributed by atoms with Gasteiger partial charge in [-0.05, 0) is 18.8 Å². The highest BCUT2D eigenvalue weighted by molar-refractivity contribution is 5.43. The van der Waals surface area contributed by atoms with Crippen molar-refractivity contribution in [2.24, 2.45) is 5.92 Å². The molecule has 2 heteroatoms. The van der Waals surface area contributed by atoms with E-state index in [0.717, 1.165) is 5.92 Å². The van der Waals surface area contributed by atoms with Crippen molar-refractivity contribution in [3.8, 4) is 0 Å². The van der Waals surface area contributed by atoms with Crippen molar-refractivity contribution in [1.29, 1.82) is 0 Å². The number of hydrogen-bond donors (Lipinski definition) is 0. The quantitative estimate of drug-likeness (QED) is 0.638. The molecule has 1 aliphatic heterocycles. The molecular formula is C11H17N2+. The predicted octanol–water partition coefficient (Wildman–Crippen LogP) is 1.74. The molecule has 0 unspecified atom stereocenters. The average molecular weight is 177 g/mol. The van der Waals surface area contributed by atoms with Crippen LogP contribution in [-0.2, 0) is 0 Å². The van der Waals surface area contributed by atoms with E-state index < -0.39 is 0 Å². The van der Waals surface area contributed by atoms with Crippen LogP contribution in [0.1, 0.15) is 19.8 Å². The van der Waals surface area contributed by atoms with Crippen LogP contribution < -0.4 is 9.88 Å². The fourth-order valence-electron chi connectivity index (χ4n) is 1.86. The van der Waals surface area contributed by atoms with E-state index in [1.807, 2.05) is 12.4 Å². The maximum atomic E-state index is 3.05. The van der Waals surface area contributed by atoms with Crippen molar-refractivity contribution in [1.82, 2.24) is 0 Å². The minimum atomic E-state index is 0.909. The number of aromatic nitrogens is 1. The molecule has 1 aromatic rings. The van der Waals surface area contributed by atoms with Gasteiger partial charge in [-0.2, -0.15) is 0 Å². The first-order valence-corrected chi connectivity index (χ1v) is 5.07. The molecular weight excluding hydrogens is 160 g/mol. The van der Waals surface area contributed by atoms with E-state index in [1.165, 1.54) is 31.6 Å². The van der Waals surface area contributed by atoms with E-state index in [9.17, 15) is 0 Å². The highest BCUT2D eigenvalue weighted by atomic mass is 15.1. The molecule has 1 aliphatic rings. The van der Waals surface area contributed by atoms with Crippen LogP contribution in [0, 0.1) is 5.92 Å². The van der Waals surface area contributed by atoms with Gasteiger partial charge in [0.05, 0.1) is 0 Å². The lowest BCUT2D eigenvalue weighted by molar-refractivity contribution is -0.377. The maximum absolute atomic E-state index is 3.05. The van der Waals surface area contributed by atoms with Crippen molar-refractivity contribution in [2.45, 2.75) is 19.8 Å². The first-order chi connectivity index (χ1) is 6.36. The summed E-state index contributed by atoms with van der Waals surface area (Å²) in [4.78, 5) is 5.52. The largest absolute Gasteiger partial charge is 0.371 e. The number of pyridine rings is 1. The molecule has 0 spiro atoms. The smallest absolute Gasteiger partial charge is 0.169 e. The van der Waals surface area contributed by atoms with Crippen molar-refractivity contribution < 1.29 is 4.98 Å². The third-order valence-corrected chi connectivity index (χ3v) is 2.85. The summed E-state index contributed by atoms with van der Waals surface area (Å²) in [6.45, 7) is 4.77. The summed E-state index contributed by atoms with van der Waals surface area (Å²) in [5.41, 5.74) is 1.35. The van der Waals surface area contributed by atoms with Crippen molar-refractivity contribution in [2.75, 3.05) is 18.0 Å². The Kier molecular flexibility index (Phi) is 2.48. The van der Waals surface area contributed by atoms with Gasteiger partial charge in [0.2, 0.25) is 0 Å². The number of nitrogens with zero attached hydrogens (tertiary/aromatic N) is 1. The van der Waals surface area contributed by atoms with Gasteiger partial charge in [0, 0.05) is 30.9 Å². The molecule has 1 fully saturated rings. The molecule has 0 aliphatic carbocycles. The molecule has 1 saturated heterocycles. The highest BCUT2D eigenvalue weighted by Crippen LogP contribution is 2.21. The Morgan fingerprint density at radius 2 is 1.85 bits per heavy atom. The van der Waals surface area contributed by atoms with Crippen LogP contribution in [0.25, 0.3) is 0 Å². The summed E-state index contributed by atoms with van der Waals surface area (Å²) in [5, 5.41) is 0. The molecule has 0 aromatic carbocycles. The van der Waals surface area contributed by atoms with E-state index in [4.69, 9.17) is 0 Å². The number of H-pyrrole nitrogens is 1. The SMILES string of the molecule is CC1CCN(c2cc[nH+]cc2)CC1. The lowest BCUT2D eigenvalue weighted by Crippen LogP contribution is -2.32. The fourth-order valence-corrected chi connectivity index (χ4v) is 1.86. The summed E-state index contributed by atoms with van der Waals surface area (Å²) in [7, 11) is 0. The molecule has 0 atom stereocenters. The molecule has 0 bridgehead atoms. The fraction of sp³-hybridized carbons (Fsp3) is 0.545. The Morgan fingerprint density at radius 1 is 1.23 bits per heavy atom. The first-order valence-electron chi connectivity index (χ1n) is 5.07. The minimum Gasteiger partial charge on any atom is -0.371 e. The Bertz CT molecular complexity index is 250. The maximum Gasteiger partial charge on any atom is 0.169 e. The van der Waals surface area contributed by atoms with Crippen LogP contribution in [0.5, 0.6) is 0 Å².